The van der Waals surface area contributed by atoms with Crippen LogP contribution in [0.5, 0.6) is 0 Å². The van der Waals surface area contributed by atoms with Crippen molar-refractivity contribution >= 4 is 27.2 Å². The van der Waals surface area contributed by atoms with E-state index in [9.17, 15) is 0 Å². The number of fused-ring (bicyclic) bond motifs is 2. The highest BCUT2D eigenvalue weighted by Gasteiger charge is 2.16. The van der Waals surface area contributed by atoms with Crippen molar-refractivity contribution in [2.45, 2.75) is 0 Å². The molecule has 1 N–H and O–H groups in total. The second kappa shape index (κ2) is 4.72. The average molecular weight is 318 g/mol. The Kier molecular flexibility index (Phi) is 2.56. The largest absolute Gasteiger partial charge is 0.360 e. The van der Waals surface area contributed by atoms with E-state index < -0.39 is 0 Å². The number of H-pyrrole nitrogens is 1. The summed E-state index contributed by atoms with van der Waals surface area (Å²) in [6, 6.07) is 12.0. The number of nitrogens with zero attached hydrogens (tertiary/aromatic N) is 5. The van der Waals surface area contributed by atoms with Gasteiger partial charge >= 0.3 is 0 Å². The van der Waals surface area contributed by atoms with Crippen LogP contribution in [0.25, 0.3) is 37.8 Å². The number of nitrogens with one attached hydrogen (secondary N) is 1. The van der Waals surface area contributed by atoms with Crippen LogP contribution in [0.15, 0.2) is 55.0 Å². The van der Waals surface area contributed by atoms with Gasteiger partial charge in [0.2, 0.25) is 4.96 Å². The highest BCUT2D eigenvalue weighted by Crippen LogP contribution is 2.32. The van der Waals surface area contributed by atoms with Crippen LogP contribution in [-0.2, 0) is 0 Å². The van der Waals surface area contributed by atoms with Crippen molar-refractivity contribution < 1.29 is 0 Å². The molecule has 0 amide bonds. The Balaban J connectivity index is 1.71. The monoisotopic (exact) mass is 318 g/mol. The normalized spacial score (nSPS) is 11.5. The Morgan fingerprint density at radius 3 is 2.91 bits per heavy atom. The second-order valence-corrected chi connectivity index (χ2v) is 6.07. The van der Waals surface area contributed by atoms with Gasteiger partial charge in [0.25, 0.3) is 0 Å². The Morgan fingerprint density at radius 1 is 1.04 bits per heavy atom. The summed E-state index contributed by atoms with van der Waals surface area (Å²) < 4.78 is 1.78. The van der Waals surface area contributed by atoms with Gasteiger partial charge in [-0.3, -0.25) is 4.98 Å². The van der Waals surface area contributed by atoms with Gasteiger partial charge in [-0.25, -0.2) is 0 Å². The van der Waals surface area contributed by atoms with E-state index in [1.807, 2.05) is 30.5 Å². The summed E-state index contributed by atoms with van der Waals surface area (Å²) in [7, 11) is 0. The number of aromatic amines is 1. The molecule has 0 atom stereocenters. The van der Waals surface area contributed by atoms with Crippen LogP contribution < -0.4 is 0 Å². The van der Waals surface area contributed by atoms with Crippen molar-refractivity contribution in [1.82, 2.24) is 29.8 Å². The molecule has 23 heavy (non-hydrogen) atoms. The highest BCUT2D eigenvalue weighted by atomic mass is 32.1. The van der Waals surface area contributed by atoms with Gasteiger partial charge in [-0.05, 0) is 18.2 Å². The summed E-state index contributed by atoms with van der Waals surface area (Å²) in [5.41, 5.74) is 3.07. The van der Waals surface area contributed by atoms with E-state index in [2.05, 4.69) is 32.3 Å². The molecule has 5 aromatic rings. The fraction of sp³-hybridized carbons (Fsp3) is 0. The molecule has 0 bridgehead atoms. The maximum Gasteiger partial charge on any atom is 0.235 e. The first-order valence-electron chi connectivity index (χ1n) is 7.09. The molecule has 4 aromatic heterocycles. The first-order valence-corrected chi connectivity index (χ1v) is 7.91. The molecule has 0 radical (unpaired) electrons. The average Bonchev–Trinajstić information content (AvgIpc) is 3.28. The van der Waals surface area contributed by atoms with Gasteiger partial charge in [0.05, 0.1) is 0 Å². The van der Waals surface area contributed by atoms with Crippen LogP contribution >= 0.6 is 11.3 Å². The molecule has 0 saturated carbocycles. The summed E-state index contributed by atoms with van der Waals surface area (Å²) >= 11 is 1.52. The molecule has 1 aromatic carbocycles. The Hall–Kier alpha value is -3.06. The summed E-state index contributed by atoms with van der Waals surface area (Å²) in [6.07, 6.45) is 5.49. The lowest BCUT2D eigenvalue weighted by molar-refractivity contribution is 0.969. The minimum Gasteiger partial charge on any atom is -0.360 e. The van der Waals surface area contributed by atoms with Gasteiger partial charge in [0.15, 0.2) is 5.82 Å². The van der Waals surface area contributed by atoms with Crippen molar-refractivity contribution in [2.24, 2.45) is 0 Å². The number of aromatic nitrogens is 6. The molecule has 0 aliphatic heterocycles. The van der Waals surface area contributed by atoms with Crippen molar-refractivity contribution in [1.29, 1.82) is 0 Å². The number of benzene rings is 1. The first kappa shape index (κ1) is 12.5. The zero-order valence-corrected chi connectivity index (χ0v) is 12.7. The van der Waals surface area contributed by atoms with Gasteiger partial charge in [-0.2, -0.15) is 9.61 Å². The highest BCUT2D eigenvalue weighted by molar-refractivity contribution is 7.19. The van der Waals surface area contributed by atoms with Crippen LogP contribution in [0.2, 0.25) is 0 Å². The van der Waals surface area contributed by atoms with E-state index in [0.29, 0.717) is 5.82 Å². The van der Waals surface area contributed by atoms with E-state index in [1.165, 1.54) is 11.3 Å². The predicted molar refractivity (Wildman–Crippen MR) is 89.2 cm³/mol. The van der Waals surface area contributed by atoms with E-state index in [-0.39, 0.29) is 0 Å². The van der Waals surface area contributed by atoms with Gasteiger partial charge in [-0.15, -0.1) is 10.2 Å². The number of para-hydroxylation sites is 1. The second-order valence-electron chi connectivity index (χ2n) is 5.11. The molecular formula is C16H10N6S. The number of rotatable bonds is 2. The van der Waals surface area contributed by atoms with Crippen LogP contribution in [0.4, 0.5) is 0 Å². The minimum absolute atomic E-state index is 0.704. The summed E-state index contributed by atoms with van der Waals surface area (Å²) in [4.78, 5) is 8.18. The lowest BCUT2D eigenvalue weighted by Crippen LogP contribution is -1.91. The summed E-state index contributed by atoms with van der Waals surface area (Å²) in [5.74, 6) is 0.704. The SMILES string of the molecule is c1cncc(-c2nnc3sc(-c4c[nH]c5ccccc45)nn23)c1. The van der Waals surface area contributed by atoms with Crippen LogP contribution in [0, 0.1) is 0 Å². The zero-order valence-electron chi connectivity index (χ0n) is 11.8. The Bertz CT molecular complexity index is 1120. The van der Waals surface area contributed by atoms with Crippen molar-refractivity contribution in [3.8, 4) is 22.0 Å². The summed E-state index contributed by atoms with van der Waals surface area (Å²) in [5, 5.41) is 15.2. The fourth-order valence-electron chi connectivity index (χ4n) is 2.65. The zero-order chi connectivity index (χ0) is 15.2. The third kappa shape index (κ3) is 1.87. The van der Waals surface area contributed by atoms with E-state index in [1.54, 1.807) is 16.9 Å². The molecule has 5 rings (SSSR count). The number of hydrogen-bond donors (Lipinski definition) is 1. The fourth-order valence-corrected chi connectivity index (χ4v) is 3.52. The van der Waals surface area contributed by atoms with Crippen molar-refractivity contribution in [3.63, 3.8) is 0 Å². The summed E-state index contributed by atoms with van der Waals surface area (Å²) in [6.45, 7) is 0. The van der Waals surface area contributed by atoms with E-state index in [0.717, 1.165) is 32.0 Å². The van der Waals surface area contributed by atoms with Crippen LogP contribution in [-0.4, -0.2) is 29.8 Å². The molecule has 0 unspecified atom stereocenters. The van der Waals surface area contributed by atoms with Crippen molar-refractivity contribution in [2.75, 3.05) is 0 Å². The van der Waals surface area contributed by atoms with Gasteiger partial charge in [-0.1, -0.05) is 29.5 Å². The van der Waals surface area contributed by atoms with Gasteiger partial charge in [0.1, 0.15) is 5.01 Å². The molecule has 0 fully saturated rings. The van der Waals surface area contributed by atoms with Crippen molar-refractivity contribution in [3.05, 3.63) is 55.0 Å². The lowest BCUT2D eigenvalue weighted by atomic mass is 10.2. The standard InChI is InChI=1S/C16H10N6S/c1-2-6-13-11(5-1)12(9-18-13)15-21-22-14(19-20-16(22)23-15)10-4-3-7-17-8-10/h1-9,18H. The van der Waals surface area contributed by atoms with Gasteiger partial charge in [0, 0.05) is 40.6 Å². The third-order valence-corrected chi connectivity index (χ3v) is 4.66. The molecule has 0 aliphatic rings. The van der Waals surface area contributed by atoms with E-state index in [4.69, 9.17) is 5.10 Å². The lowest BCUT2D eigenvalue weighted by Gasteiger charge is -1.95. The number of hydrogen-bond acceptors (Lipinski definition) is 5. The molecule has 0 aliphatic carbocycles. The first-order chi connectivity index (χ1) is 11.4. The molecule has 6 nitrogen and oxygen atoms in total. The molecule has 4 heterocycles. The molecular weight excluding hydrogens is 308 g/mol. The molecule has 7 heteroatoms. The minimum atomic E-state index is 0.704. The smallest absolute Gasteiger partial charge is 0.235 e. The maximum absolute atomic E-state index is 4.70. The Labute approximate surface area is 134 Å². The number of pyridine rings is 1. The molecule has 110 valence electrons. The molecule has 0 saturated heterocycles. The third-order valence-electron chi connectivity index (χ3n) is 3.73. The van der Waals surface area contributed by atoms with Gasteiger partial charge < -0.3 is 4.98 Å². The topological polar surface area (TPSA) is 71.8 Å². The quantitative estimate of drug-likeness (QED) is 0.541. The van der Waals surface area contributed by atoms with Crippen LogP contribution in [0.3, 0.4) is 0 Å². The molecule has 0 spiro atoms. The maximum atomic E-state index is 4.70. The van der Waals surface area contributed by atoms with Crippen LogP contribution in [0.1, 0.15) is 0 Å². The Morgan fingerprint density at radius 2 is 2.00 bits per heavy atom. The van der Waals surface area contributed by atoms with E-state index >= 15 is 0 Å². The predicted octanol–water partition coefficient (Wildman–Crippen LogP) is 3.40.